The molecule has 0 atom stereocenters. The quantitative estimate of drug-likeness (QED) is 0.714. The first-order valence-electron chi connectivity index (χ1n) is 11.2. The van der Waals surface area contributed by atoms with Crippen LogP contribution in [0.4, 0.5) is 0 Å². The molecule has 4 rings (SSSR count). The lowest BCUT2D eigenvalue weighted by Crippen LogP contribution is -2.45. The van der Waals surface area contributed by atoms with Crippen molar-refractivity contribution in [2.75, 3.05) is 26.2 Å². The fourth-order valence-electron chi connectivity index (χ4n) is 5.44. The molecule has 0 radical (unpaired) electrons. The molecular weight excluding hydrogens is 324 g/mol. The first-order chi connectivity index (χ1) is 12.7. The molecular formula is C22H36N2O2. The minimum absolute atomic E-state index is 0.288. The second kappa shape index (κ2) is 7.90. The Balaban J connectivity index is 1.30. The maximum atomic E-state index is 12.9. The van der Waals surface area contributed by atoms with Crippen molar-refractivity contribution >= 4 is 11.8 Å². The van der Waals surface area contributed by atoms with Gasteiger partial charge in [-0.2, -0.15) is 0 Å². The van der Waals surface area contributed by atoms with Crippen molar-refractivity contribution in [3.63, 3.8) is 0 Å². The van der Waals surface area contributed by atoms with Crippen LogP contribution in [-0.2, 0) is 9.59 Å². The highest BCUT2D eigenvalue weighted by atomic mass is 16.2. The first kappa shape index (κ1) is 18.3. The van der Waals surface area contributed by atoms with Gasteiger partial charge in [-0.05, 0) is 62.7 Å². The third-order valence-electron chi connectivity index (χ3n) is 7.65. The summed E-state index contributed by atoms with van der Waals surface area (Å²) in [5.74, 6) is 1.89. The predicted molar refractivity (Wildman–Crippen MR) is 103 cm³/mol. The summed E-state index contributed by atoms with van der Waals surface area (Å²) in [6.07, 6.45) is 15.0. The van der Waals surface area contributed by atoms with Crippen molar-refractivity contribution in [3.05, 3.63) is 0 Å². The summed E-state index contributed by atoms with van der Waals surface area (Å²) in [4.78, 5) is 29.7. The van der Waals surface area contributed by atoms with Crippen LogP contribution in [-0.4, -0.2) is 47.8 Å². The second-order valence-electron chi connectivity index (χ2n) is 9.55. The molecule has 2 saturated carbocycles. The standard InChI is InChI=1S/C22H36N2O2/c25-20-9-10-22(13-16-24(20)17-18-7-8-18)11-14-23(15-12-22)21(26)19-5-3-1-2-4-6-19/h18-19H,1-17H2. The largest absolute Gasteiger partial charge is 0.342 e. The molecule has 4 aliphatic rings. The summed E-state index contributed by atoms with van der Waals surface area (Å²) in [7, 11) is 0. The van der Waals surface area contributed by atoms with Crippen LogP contribution in [0.2, 0.25) is 0 Å². The minimum Gasteiger partial charge on any atom is -0.342 e. The molecule has 4 nitrogen and oxygen atoms in total. The van der Waals surface area contributed by atoms with Gasteiger partial charge in [0, 0.05) is 38.5 Å². The normalized spacial score (nSPS) is 28.1. The fraction of sp³-hybridized carbons (Fsp3) is 0.909. The smallest absolute Gasteiger partial charge is 0.225 e. The number of amides is 2. The Morgan fingerprint density at radius 1 is 0.885 bits per heavy atom. The number of rotatable bonds is 3. The topological polar surface area (TPSA) is 40.6 Å². The van der Waals surface area contributed by atoms with Gasteiger partial charge >= 0.3 is 0 Å². The van der Waals surface area contributed by atoms with Gasteiger partial charge in [-0.3, -0.25) is 9.59 Å². The Hall–Kier alpha value is -1.06. The maximum Gasteiger partial charge on any atom is 0.225 e. The molecule has 2 saturated heterocycles. The zero-order valence-electron chi connectivity index (χ0n) is 16.4. The van der Waals surface area contributed by atoms with Gasteiger partial charge in [0.15, 0.2) is 0 Å². The van der Waals surface area contributed by atoms with Crippen molar-refractivity contribution in [2.24, 2.45) is 17.3 Å². The average molecular weight is 361 g/mol. The lowest BCUT2D eigenvalue weighted by atomic mass is 9.72. The Bertz CT molecular complexity index is 512. The van der Waals surface area contributed by atoms with Gasteiger partial charge in [0.05, 0.1) is 0 Å². The fourth-order valence-corrected chi connectivity index (χ4v) is 5.44. The highest BCUT2D eigenvalue weighted by molar-refractivity contribution is 5.79. The number of hydrogen-bond donors (Lipinski definition) is 0. The number of carbonyl (C=O) groups is 2. The molecule has 2 aliphatic heterocycles. The lowest BCUT2D eigenvalue weighted by molar-refractivity contribution is -0.138. The molecule has 146 valence electrons. The Labute approximate surface area is 158 Å². The van der Waals surface area contributed by atoms with E-state index in [0.717, 1.165) is 77.0 Å². The Morgan fingerprint density at radius 2 is 1.54 bits per heavy atom. The van der Waals surface area contributed by atoms with Crippen LogP contribution < -0.4 is 0 Å². The van der Waals surface area contributed by atoms with Gasteiger partial charge in [-0.25, -0.2) is 0 Å². The summed E-state index contributed by atoms with van der Waals surface area (Å²) >= 11 is 0. The molecule has 2 aliphatic carbocycles. The van der Waals surface area contributed by atoms with E-state index in [1.165, 1.54) is 38.5 Å². The molecule has 0 unspecified atom stereocenters. The third-order valence-corrected chi connectivity index (χ3v) is 7.65. The molecule has 0 aromatic heterocycles. The number of piperidine rings is 1. The molecule has 2 amide bonds. The van der Waals surface area contributed by atoms with E-state index in [2.05, 4.69) is 9.80 Å². The van der Waals surface area contributed by atoms with E-state index in [0.29, 0.717) is 17.2 Å². The van der Waals surface area contributed by atoms with E-state index < -0.39 is 0 Å². The summed E-state index contributed by atoms with van der Waals surface area (Å²) in [6.45, 7) is 3.80. The number of hydrogen-bond acceptors (Lipinski definition) is 2. The summed E-state index contributed by atoms with van der Waals surface area (Å²) in [5.41, 5.74) is 0.314. The monoisotopic (exact) mass is 360 g/mol. The lowest BCUT2D eigenvalue weighted by Gasteiger charge is -2.42. The Kier molecular flexibility index (Phi) is 5.56. The first-order valence-corrected chi connectivity index (χ1v) is 11.2. The van der Waals surface area contributed by atoms with Gasteiger partial charge in [0.2, 0.25) is 11.8 Å². The van der Waals surface area contributed by atoms with Crippen LogP contribution in [0, 0.1) is 17.3 Å². The molecule has 2 heterocycles. The Morgan fingerprint density at radius 3 is 2.19 bits per heavy atom. The molecule has 1 spiro atoms. The highest BCUT2D eigenvalue weighted by Crippen LogP contribution is 2.42. The summed E-state index contributed by atoms with van der Waals surface area (Å²) in [5, 5.41) is 0. The van der Waals surface area contributed by atoms with Gasteiger partial charge in [0.1, 0.15) is 0 Å². The van der Waals surface area contributed by atoms with Gasteiger partial charge in [0.25, 0.3) is 0 Å². The average Bonchev–Trinajstić information content (AvgIpc) is 3.50. The highest BCUT2D eigenvalue weighted by Gasteiger charge is 2.40. The van der Waals surface area contributed by atoms with Crippen molar-refractivity contribution in [1.82, 2.24) is 9.80 Å². The predicted octanol–water partition coefficient (Wildman–Crippen LogP) is 3.99. The van der Waals surface area contributed by atoms with Crippen LogP contribution >= 0.6 is 0 Å². The SMILES string of the molecule is O=C1CCC2(CCN1CC1CC1)CCN(C(=O)C1CCCCCC1)CC2. The van der Waals surface area contributed by atoms with Crippen LogP contribution in [0.15, 0.2) is 0 Å². The van der Waals surface area contributed by atoms with Crippen molar-refractivity contribution in [1.29, 1.82) is 0 Å². The zero-order valence-corrected chi connectivity index (χ0v) is 16.4. The van der Waals surface area contributed by atoms with E-state index >= 15 is 0 Å². The number of nitrogens with zero attached hydrogens (tertiary/aromatic N) is 2. The van der Waals surface area contributed by atoms with Crippen LogP contribution in [0.1, 0.15) is 83.5 Å². The molecule has 26 heavy (non-hydrogen) atoms. The van der Waals surface area contributed by atoms with Crippen LogP contribution in [0.3, 0.4) is 0 Å². The van der Waals surface area contributed by atoms with Gasteiger partial charge < -0.3 is 9.80 Å². The van der Waals surface area contributed by atoms with Crippen molar-refractivity contribution in [2.45, 2.75) is 83.5 Å². The van der Waals surface area contributed by atoms with Crippen molar-refractivity contribution < 1.29 is 9.59 Å². The molecule has 0 bridgehead atoms. The van der Waals surface area contributed by atoms with Gasteiger partial charge in [-0.15, -0.1) is 0 Å². The van der Waals surface area contributed by atoms with E-state index in [1.807, 2.05) is 0 Å². The van der Waals surface area contributed by atoms with E-state index in [9.17, 15) is 9.59 Å². The summed E-state index contributed by atoms with van der Waals surface area (Å²) < 4.78 is 0. The van der Waals surface area contributed by atoms with E-state index in [-0.39, 0.29) is 5.92 Å². The number of carbonyl (C=O) groups excluding carboxylic acids is 2. The molecule has 4 fully saturated rings. The van der Waals surface area contributed by atoms with Gasteiger partial charge in [-0.1, -0.05) is 25.7 Å². The molecule has 4 heteroatoms. The molecule has 0 aromatic carbocycles. The van der Waals surface area contributed by atoms with E-state index in [1.54, 1.807) is 0 Å². The van der Waals surface area contributed by atoms with Crippen LogP contribution in [0.25, 0.3) is 0 Å². The number of likely N-dealkylation sites (tertiary alicyclic amines) is 2. The van der Waals surface area contributed by atoms with Crippen LogP contribution in [0.5, 0.6) is 0 Å². The van der Waals surface area contributed by atoms with Crippen molar-refractivity contribution in [3.8, 4) is 0 Å². The molecule has 0 N–H and O–H groups in total. The molecule has 0 aromatic rings. The second-order valence-corrected chi connectivity index (χ2v) is 9.55. The summed E-state index contributed by atoms with van der Waals surface area (Å²) in [6, 6.07) is 0. The minimum atomic E-state index is 0.288. The zero-order chi connectivity index (χ0) is 18.0. The van der Waals surface area contributed by atoms with E-state index in [4.69, 9.17) is 0 Å². The maximum absolute atomic E-state index is 12.9. The third kappa shape index (κ3) is 4.26.